The SMILES string of the molecule is Cc1cc(N2CC[C@](C)(c3ccccc3)C2)cn2nc(C(=O)N3CCC4(CCN(c5ccc(C(N)=O)c(C(=O)O)n5)C4)C3)nc12. The number of amides is 2. The monoisotopic (exact) mass is 608 g/mol. The van der Waals surface area contributed by atoms with Gasteiger partial charge in [-0.1, -0.05) is 37.3 Å². The summed E-state index contributed by atoms with van der Waals surface area (Å²) in [6.07, 6.45) is 4.67. The molecular weight excluding hydrogens is 572 g/mol. The van der Waals surface area contributed by atoms with Crippen molar-refractivity contribution in [2.75, 3.05) is 49.1 Å². The fourth-order valence-corrected chi connectivity index (χ4v) is 7.35. The predicted octanol–water partition coefficient (Wildman–Crippen LogP) is 3.14. The Labute approximate surface area is 260 Å². The first kappa shape index (κ1) is 28.8. The highest BCUT2D eigenvalue weighted by molar-refractivity contribution is 6.03. The number of carboxylic acid groups (broad SMARTS) is 1. The molecule has 232 valence electrons. The van der Waals surface area contributed by atoms with Crippen LogP contribution < -0.4 is 15.5 Å². The summed E-state index contributed by atoms with van der Waals surface area (Å²) in [6, 6.07) is 15.8. The Kier molecular flexibility index (Phi) is 6.75. The highest BCUT2D eigenvalue weighted by atomic mass is 16.4. The molecule has 12 heteroatoms. The second-order valence-corrected chi connectivity index (χ2v) is 13.1. The maximum absolute atomic E-state index is 13.7. The van der Waals surface area contributed by atoms with Crippen molar-refractivity contribution in [2.45, 2.75) is 38.5 Å². The van der Waals surface area contributed by atoms with E-state index in [-0.39, 0.29) is 33.8 Å². The van der Waals surface area contributed by atoms with Crippen LogP contribution in [0.25, 0.3) is 5.65 Å². The molecule has 7 rings (SSSR count). The van der Waals surface area contributed by atoms with Gasteiger partial charge >= 0.3 is 5.97 Å². The van der Waals surface area contributed by atoms with E-state index in [1.807, 2.05) is 22.9 Å². The summed E-state index contributed by atoms with van der Waals surface area (Å²) < 4.78 is 1.74. The van der Waals surface area contributed by atoms with Crippen LogP contribution in [0.15, 0.2) is 54.7 Å². The van der Waals surface area contributed by atoms with Crippen LogP contribution in [0.2, 0.25) is 0 Å². The van der Waals surface area contributed by atoms with Crippen LogP contribution in [0.5, 0.6) is 0 Å². The fourth-order valence-electron chi connectivity index (χ4n) is 7.35. The standard InChI is InChI=1S/C33H36N8O4/c1-21-16-23(38-13-10-32(2,18-38)22-6-4-3-5-7-22)17-41-29(21)36-28(37-41)30(43)40-15-12-33(20-40)11-14-39(19-33)25-9-8-24(27(34)42)26(35-25)31(44)45/h3-9,16-17H,10-15,18-20H2,1-2H3,(H2,34,42)(H,44,45)/t32-,33?/m0/s1. The number of carboxylic acids is 1. The Morgan fingerprint density at radius 2 is 1.67 bits per heavy atom. The molecule has 1 unspecified atom stereocenters. The number of likely N-dealkylation sites (tertiary alicyclic amines) is 1. The highest BCUT2D eigenvalue weighted by Gasteiger charge is 2.46. The molecule has 3 aliphatic heterocycles. The first-order valence-corrected chi connectivity index (χ1v) is 15.3. The number of rotatable bonds is 6. The van der Waals surface area contributed by atoms with Crippen LogP contribution in [0.1, 0.15) is 68.8 Å². The summed E-state index contributed by atoms with van der Waals surface area (Å²) in [5.41, 5.74) is 8.83. The Balaban J connectivity index is 1.06. The van der Waals surface area contributed by atoms with E-state index in [2.05, 4.69) is 63.3 Å². The number of hydrogen-bond donors (Lipinski definition) is 2. The molecular formula is C33H36N8O4. The number of nitrogens with zero attached hydrogens (tertiary/aromatic N) is 7. The zero-order valence-corrected chi connectivity index (χ0v) is 25.4. The first-order valence-electron chi connectivity index (χ1n) is 15.3. The number of pyridine rings is 2. The third-order valence-corrected chi connectivity index (χ3v) is 9.94. The molecule has 4 aromatic rings. The summed E-state index contributed by atoms with van der Waals surface area (Å²) in [7, 11) is 0. The van der Waals surface area contributed by atoms with Crippen molar-refractivity contribution < 1.29 is 19.5 Å². The second-order valence-electron chi connectivity index (χ2n) is 13.1. The lowest BCUT2D eigenvalue weighted by Crippen LogP contribution is -2.34. The van der Waals surface area contributed by atoms with Crippen LogP contribution in [-0.2, 0) is 5.41 Å². The number of carbonyl (C=O) groups excluding carboxylic acids is 2. The number of primary amides is 1. The van der Waals surface area contributed by atoms with Crippen LogP contribution in [0.4, 0.5) is 11.5 Å². The van der Waals surface area contributed by atoms with E-state index in [9.17, 15) is 19.5 Å². The number of benzene rings is 1. The van der Waals surface area contributed by atoms with Crippen molar-refractivity contribution in [3.8, 4) is 0 Å². The van der Waals surface area contributed by atoms with Crippen molar-refractivity contribution in [3.05, 3.63) is 82.9 Å². The predicted molar refractivity (Wildman–Crippen MR) is 168 cm³/mol. The maximum atomic E-state index is 13.7. The number of aromatic carboxylic acids is 1. The summed E-state index contributed by atoms with van der Waals surface area (Å²) in [5.74, 6) is -1.65. The number of aromatic nitrogens is 4. The van der Waals surface area contributed by atoms with E-state index in [4.69, 9.17) is 5.73 Å². The molecule has 3 N–H and O–H groups in total. The van der Waals surface area contributed by atoms with Gasteiger partial charge in [0, 0.05) is 50.1 Å². The summed E-state index contributed by atoms with van der Waals surface area (Å²) in [5, 5.41) is 14.2. The Hall–Kier alpha value is -5.00. The number of hydrogen-bond acceptors (Lipinski definition) is 8. The van der Waals surface area contributed by atoms with Gasteiger partial charge in [0.05, 0.1) is 17.4 Å². The molecule has 3 aromatic heterocycles. The molecule has 6 heterocycles. The zero-order chi connectivity index (χ0) is 31.5. The van der Waals surface area contributed by atoms with E-state index >= 15 is 0 Å². The third kappa shape index (κ3) is 5.03. The number of fused-ring (bicyclic) bond motifs is 1. The van der Waals surface area contributed by atoms with Crippen LogP contribution in [0.3, 0.4) is 0 Å². The molecule has 0 radical (unpaired) electrons. The Bertz CT molecular complexity index is 1840. The minimum Gasteiger partial charge on any atom is -0.476 e. The average molecular weight is 609 g/mol. The number of nitrogens with two attached hydrogens (primary N) is 1. The molecule has 1 aromatic carbocycles. The van der Waals surface area contributed by atoms with Gasteiger partial charge in [0.1, 0.15) is 5.82 Å². The largest absolute Gasteiger partial charge is 0.476 e. The topological polar surface area (TPSA) is 150 Å². The van der Waals surface area contributed by atoms with Crippen LogP contribution >= 0.6 is 0 Å². The lowest BCUT2D eigenvalue weighted by Gasteiger charge is -2.26. The zero-order valence-electron chi connectivity index (χ0n) is 25.4. The van der Waals surface area contributed by atoms with E-state index in [1.165, 1.54) is 11.6 Å². The van der Waals surface area contributed by atoms with E-state index in [1.54, 1.807) is 10.6 Å². The van der Waals surface area contributed by atoms with E-state index in [0.717, 1.165) is 43.6 Å². The number of anilines is 2. The van der Waals surface area contributed by atoms with Crippen molar-refractivity contribution in [1.82, 2.24) is 24.5 Å². The van der Waals surface area contributed by atoms with E-state index < -0.39 is 11.9 Å². The number of carbonyl (C=O) groups is 3. The highest BCUT2D eigenvalue weighted by Crippen LogP contribution is 2.41. The molecule has 3 fully saturated rings. The minimum absolute atomic E-state index is 0.0662. The Morgan fingerprint density at radius 3 is 2.42 bits per heavy atom. The summed E-state index contributed by atoms with van der Waals surface area (Å²) in [6.45, 7) is 8.59. The van der Waals surface area contributed by atoms with Gasteiger partial charge in [-0.3, -0.25) is 9.59 Å². The van der Waals surface area contributed by atoms with Crippen molar-refractivity contribution in [3.63, 3.8) is 0 Å². The molecule has 2 atom stereocenters. The summed E-state index contributed by atoms with van der Waals surface area (Å²) in [4.78, 5) is 52.1. The van der Waals surface area contributed by atoms with Crippen molar-refractivity contribution in [1.29, 1.82) is 0 Å². The smallest absolute Gasteiger partial charge is 0.355 e. The molecule has 45 heavy (non-hydrogen) atoms. The third-order valence-electron chi connectivity index (χ3n) is 9.94. The van der Waals surface area contributed by atoms with Gasteiger partial charge in [0.15, 0.2) is 11.3 Å². The lowest BCUT2D eigenvalue weighted by molar-refractivity contribution is 0.0684. The normalized spacial score (nSPS) is 23.0. The Morgan fingerprint density at radius 1 is 0.911 bits per heavy atom. The molecule has 3 saturated heterocycles. The van der Waals surface area contributed by atoms with Crippen LogP contribution in [-0.4, -0.2) is 86.6 Å². The first-order chi connectivity index (χ1) is 21.5. The number of aryl methyl sites for hydroxylation is 1. The molecule has 1 spiro atoms. The molecule has 3 aliphatic rings. The fraction of sp³-hybridized carbons (Fsp3) is 0.394. The van der Waals surface area contributed by atoms with E-state index in [0.29, 0.717) is 37.6 Å². The average Bonchev–Trinajstić information content (AvgIpc) is 3.84. The molecule has 0 saturated carbocycles. The minimum atomic E-state index is -1.30. The quantitative estimate of drug-likeness (QED) is 0.337. The van der Waals surface area contributed by atoms with Gasteiger partial charge in [-0.05, 0) is 55.5 Å². The maximum Gasteiger partial charge on any atom is 0.355 e. The van der Waals surface area contributed by atoms with Gasteiger partial charge in [-0.15, -0.1) is 5.10 Å². The van der Waals surface area contributed by atoms with Gasteiger partial charge in [-0.2, -0.15) is 0 Å². The second kappa shape index (κ2) is 10.6. The molecule has 12 nitrogen and oxygen atoms in total. The van der Waals surface area contributed by atoms with Gasteiger partial charge in [0.2, 0.25) is 5.82 Å². The molecule has 0 aliphatic carbocycles. The molecule has 2 amide bonds. The van der Waals surface area contributed by atoms with Crippen LogP contribution in [0, 0.1) is 12.3 Å². The molecule has 0 bridgehead atoms. The summed E-state index contributed by atoms with van der Waals surface area (Å²) >= 11 is 0. The van der Waals surface area contributed by atoms with Gasteiger partial charge < -0.3 is 25.5 Å². The van der Waals surface area contributed by atoms with Gasteiger partial charge in [0.25, 0.3) is 11.8 Å². The van der Waals surface area contributed by atoms with Gasteiger partial charge in [-0.25, -0.2) is 19.3 Å². The lowest BCUT2D eigenvalue weighted by atomic mass is 9.82. The van der Waals surface area contributed by atoms with Crippen molar-refractivity contribution >= 4 is 34.9 Å². The van der Waals surface area contributed by atoms with Crippen molar-refractivity contribution in [2.24, 2.45) is 11.1 Å².